The highest BCUT2D eigenvalue weighted by molar-refractivity contribution is 4.78. The fourth-order valence-corrected chi connectivity index (χ4v) is 0.307. The van der Waals surface area contributed by atoms with E-state index in [2.05, 4.69) is 0 Å². The molecule has 0 rings (SSSR count). The molecule has 0 heterocycles. The lowest BCUT2D eigenvalue weighted by Crippen LogP contribution is -2.33. The number of rotatable bonds is 3. The minimum atomic E-state index is -3.22. The predicted molar refractivity (Wildman–Crippen MR) is 26.1 cm³/mol. The fraction of sp³-hybridized carbons (Fsp3) is 1.00. The molecule has 0 fully saturated rings. The van der Waals surface area contributed by atoms with Crippen molar-refractivity contribution in [2.45, 2.75) is 25.4 Å². The molecule has 0 aromatic rings. The van der Waals surface area contributed by atoms with Crippen LogP contribution in [0.4, 0.5) is 17.6 Å². The Morgan fingerprint density at radius 2 is 1.89 bits per heavy atom. The van der Waals surface area contributed by atoms with Gasteiger partial charge in [0.05, 0.1) is 0 Å². The molecule has 56 valence electrons. The Bertz CT molecular complexity index is 77.0. The van der Waals surface area contributed by atoms with Gasteiger partial charge in [-0.15, -0.1) is 0 Å². The molecule has 0 saturated carbocycles. The molecule has 0 aromatic carbocycles. The zero-order valence-corrected chi connectivity index (χ0v) is 5.00. The Morgan fingerprint density at radius 1 is 1.44 bits per heavy atom. The molecular formula is C5H8F4. The summed E-state index contributed by atoms with van der Waals surface area (Å²) in [6, 6.07) is 0. The predicted octanol–water partition coefficient (Wildman–Crippen LogP) is 2.34. The van der Waals surface area contributed by atoms with Gasteiger partial charge in [-0.2, -0.15) is 0 Å². The van der Waals surface area contributed by atoms with Crippen LogP contribution in [0.3, 0.4) is 0 Å². The number of hydrogen-bond donors (Lipinski definition) is 0. The van der Waals surface area contributed by atoms with Gasteiger partial charge in [0.2, 0.25) is 0 Å². The van der Waals surface area contributed by atoms with Crippen LogP contribution in [-0.4, -0.2) is 18.8 Å². The smallest absolute Gasteiger partial charge is 0.247 e. The topological polar surface area (TPSA) is 0 Å². The first kappa shape index (κ1) is 8.72. The Labute approximate surface area is 50.9 Å². The quantitative estimate of drug-likeness (QED) is 0.533. The first-order chi connectivity index (χ1) is 4.06. The van der Waals surface area contributed by atoms with E-state index < -0.39 is 25.2 Å². The lowest BCUT2D eigenvalue weighted by molar-refractivity contribution is -0.0510. The van der Waals surface area contributed by atoms with E-state index in [1.807, 2.05) is 0 Å². The molecule has 0 spiro atoms. The zero-order valence-electron chi connectivity index (χ0n) is 5.00. The van der Waals surface area contributed by atoms with Gasteiger partial charge in [-0.25, -0.2) is 17.6 Å². The van der Waals surface area contributed by atoms with Gasteiger partial charge in [0, 0.05) is 0 Å². The highest BCUT2D eigenvalue weighted by atomic mass is 19.3. The molecule has 0 amide bonds. The zero-order chi connectivity index (χ0) is 7.49. The van der Waals surface area contributed by atoms with Crippen LogP contribution >= 0.6 is 0 Å². The molecule has 1 atom stereocenters. The maximum Gasteiger partial charge on any atom is 0.274 e. The van der Waals surface area contributed by atoms with Crippen LogP contribution in [0.25, 0.3) is 0 Å². The lowest BCUT2D eigenvalue weighted by Gasteiger charge is -2.17. The molecule has 0 aliphatic heterocycles. The molecular weight excluding hydrogens is 136 g/mol. The van der Waals surface area contributed by atoms with Crippen molar-refractivity contribution >= 4 is 0 Å². The molecule has 0 bridgehead atoms. The van der Waals surface area contributed by atoms with Crippen LogP contribution in [-0.2, 0) is 0 Å². The second-order valence-corrected chi connectivity index (χ2v) is 1.82. The maximum absolute atomic E-state index is 12.2. The largest absolute Gasteiger partial charge is 0.274 e. The summed E-state index contributed by atoms with van der Waals surface area (Å²) in [5.74, 6) is 0. The third-order valence-electron chi connectivity index (χ3n) is 1.20. The highest BCUT2D eigenvalue weighted by Gasteiger charge is 2.38. The minimum Gasteiger partial charge on any atom is -0.247 e. The summed E-state index contributed by atoms with van der Waals surface area (Å²) in [5.41, 5.74) is -2.92. The summed E-state index contributed by atoms with van der Waals surface area (Å²) in [7, 11) is 0. The molecule has 0 aliphatic rings. The van der Waals surface area contributed by atoms with Gasteiger partial charge < -0.3 is 0 Å². The summed E-state index contributed by atoms with van der Waals surface area (Å²) in [5, 5.41) is 0. The van der Waals surface area contributed by atoms with Gasteiger partial charge >= 0.3 is 0 Å². The first-order valence-electron chi connectivity index (χ1n) is 2.60. The molecule has 0 nitrogen and oxygen atoms in total. The van der Waals surface area contributed by atoms with Crippen molar-refractivity contribution in [3.05, 3.63) is 0 Å². The van der Waals surface area contributed by atoms with Gasteiger partial charge in [0.1, 0.15) is 6.67 Å². The van der Waals surface area contributed by atoms with Crippen LogP contribution in [0, 0.1) is 0 Å². The normalized spacial score (nSPS) is 18.0. The summed E-state index contributed by atoms with van der Waals surface area (Å²) in [6.45, 7) is -0.424. The van der Waals surface area contributed by atoms with E-state index >= 15 is 0 Å². The average molecular weight is 144 g/mol. The van der Waals surface area contributed by atoms with E-state index in [1.54, 1.807) is 0 Å². The van der Waals surface area contributed by atoms with Crippen LogP contribution < -0.4 is 0 Å². The molecule has 4 heteroatoms. The number of alkyl halides is 4. The van der Waals surface area contributed by atoms with Crippen molar-refractivity contribution < 1.29 is 17.6 Å². The Hall–Kier alpha value is -0.280. The number of hydrogen-bond acceptors (Lipinski definition) is 0. The van der Waals surface area contributed by atoms with E-state index in [9.17, 15) is 17.6 Å². The summed E-state index contributed by atoms with van der Waals surface area (Å²) in [6.07, 6.45) is -3.70. The third kappa shape index (κ3) is 1.84. The minimum absolute atomic E-state index is 0.485. The monoisotopic (exact) mass is 144 g/mol. The standard InChI is InChI=1S/C5H8F4/c1-2-5(9,3-6)4(7)8/h4H,2-3H2,1H3. The number of halogens is 4. The molecule has 0 aromatic heterocycles. The highest BCUT2D eigenvalue weighted by Crippen LogP contribution is 2.24. The fourth-order valence-electron chi connectivity index (χ4n) is 0.307. The lowest BCUT2D eigenvalue weighted by atomic mass is 10.1. The van der Waals surface area contributed by atoms with Crippen LogP contribution in [0.2, 0.25) is 0 Å². The van der Waals surface area contributed by atoms with Crippen LogP contribution in [0.1, 0.15) is 13.3 Å². The van der Waals surface area contributed by atoms with Crippen molar-refractivity contribution in [1.29, 1.82) is 0 Å². The van der Waals surface area contributed by atoms with Crippen molar-refractivity contribution in [2.75, 3.05) is 6.67 Å². The van der Waals surface area contributed by atoms with Crippen molar-refractivity contribution in [3.8, 4) is 0 Å². The van der Waals surface area contributed by atoms with Crippen LogP contribution in [0.15, 0.2) is 0 Å². The SMILES string of the molecule is CCC(F)(CF)C(F)F. The molecule has 0 saturated heterocycles. The molecule has 0 N–H and O–H groups in total. The van der Waals surface area contributed by atoms with E-state index in [0.29, 0.717) is 0 Å². The Kier molecular flexibility index (Phi) is 2.94. The van der Waals surface area contributed by atoms with Gasteiger partial charge in [0.25, 0.3) is 6.43 Å². The second-order valence-electron chi connectivity index (χ2n) is 1.82. The first-order valence-corrected chi connectivity index (χ1v) is 2.60. The maximum atomic E-state index is 12.2. The van der Waals surface area contributed by atoms with Crippen molar-refractivity contribution in [1.82, 2.24) is 0 Å². The van der Waals surface area contributed by atoms with Gasteiger partial charge in [-0.3, -0.25) is 0 Å². The van der Waals surface area contributed by atoms with Gasteiger partial charge in [-0.1, -0.05) is 6.92 Å². The van der Waals surface area contributed by atoms with Crippen molar-refractivity contribution in [3.63, 3.8) is 0 Å². The second kappa shape index (κ2) is 3.03. The average Bonchev–Trinajstić information content (AvgIpc) is 1.86. The molecule has 0 aliphatic carbocycles. The van der Waals surface area contributed by atoms with E-state index in [4.69, 9.17) is 0 Å². The van der Waals surface area contributed by atoms with Crippen molar-refractivity contribution in [2.24, 2.45) is 0 Å². The Morgan fingerprint density at radius 3 is 1.89 bits per heavy atom. The van der Waals surface area contributed by atoms with E-state index in [1.165, 1.54) is 6.92 Å². The summed E-state index contributed by atoms with van der Waals surface area (Å²) in [4.78, 5) is 0. The van der Waals surface area contributed by atoms with Gasteiger partial charge in [0.15, 0.2) is 5.67 Å². The third-order valence-corrected chi connectivity index (χ3v) is 1.20. The van der Waals surface area contributed by atoms with E-state index in [-0.39, 0.29) is 0 Å². The summed E-state index contributed by atoms with van der Waals surface area (Å²) >= 11 is 0. The van der Waals surface area contributed by atoms with Crippen LogP contribution in [0.5, 0.6) is 0 Å². The molecule has 9 heavy (non-hydrogen) atoms. The summed E-state index contributed by atoms with van der Waals surface area (Å²) < 4.78 is 46.6. The Balaban J connectivity index is 3.92. The van der Waals surface area contributed by atoms with Gasteiger partial charge in [-0.05, 0) is 6.42 Å². The molecule has 1 unspecified atom stereocenters. The van der Waals surface area contributed by atoms with E-state index in [0.717, 1.165) is 0 Å². The molecule has 0 radical (unpaired) electrons.